The molecule has 27 heavy (non-hydrogen) atoms. The summed E-state index contributed by atoms with van der Waals surface area (Å²) in [6.45, 7) is 4.56. The van der Waals surface area contributed by atoms with Gasteiger partial charge in [-0.3, -0.25) is 9.80 Å². The summed E-state index contributed by atoms with van der Waals surface area (Å²) >= 11 is 0. The van der Waals surface area contributed by atoms with Crippen molar-refractivity contribution in [1.29, 1.82) is 0 Å². The van der Waals surface area contributed by atoms with E-state index in [0.29, 0.717) is 24.1 Å². The maximum Gasteiger partial charge on any atom is 0.336 e. The molecule has 5 heteroatoms. The summed E-state index contributed by atoms with van der Waals surface area (Å²) in [5.74, 6) is -0.456. The number of halogens is 1. The lowest BCUT2D eigenvalue weighted by molar-refractivity contribution is 0.0691. The van der Waals surface area contributed by atoms with Crippen LogP contribution in [0.4, 0.5) is 4.39 Å². The molecule has 3 aliphatic rings. The highest BCUT2D eigenvalue weighted by Gasteiger charge is 2.35. The Labute approximate surface area is 159 Å². The van der Waals surface area contributed by atoms with E-state index in [1.165, 1.54) is 18.6 Å². The Bertz CT molecular complexity index is 808. The van der Waals surface area contributed by atoms with Crippen LogP contribution in [0.25, 0.3) is 0 Å². The van der Waals surface area contributed by atoms with E-state index in [-0.39, 0.29) is 5.82 Å². The van der Waals surface area contributed by atoms with Crippen molar-refractivity contribution in [2.75, 3.05) is 19.6 Å². The van der Waals surface area contributed by atoms with Crippen molar-refractivity contribution in [2.24, 2.45) is 5.92 Å². The second-order valence-corrected chi connectivity index (χ2v) is 7.81. The van der Waals surface area contributed by atoms with Crippen LogP contribution in [0.3, 0.4) is 0 Å². The Morgan fingerprint density at radius 1 is 1.00 bits per heavy atom. The lowest BCUT2D eigenvalue weighted by Gasteiger charge is -2.36. The van der Waals surface area contributed by atoms with Crippen molar-refractivity contribution in [3.63, 3.8) is 0 Å². The molecule has 3 fully saturated rings. The number of carbonyl (C=O) groups is 1. The van der Waals surface area contributed by atoms with Crippen LogP contribution in [0.5, 0.6) is 0 Å². The predicted molar refractivity (Wildman–Crippen MR) is 102 cm³/mol. The maximum atomic E-state index is 13.1. The van der Waals surface area contributed by atoms with Crippen LogP contribution in [0.15, 0.2) is 48.5 Å². The number of benzene rings is 2. The summed E-state index contributed by atoms with van der Waals surface area (Å²) in [4.78, 5) is 16.4. The summed E-state index contributed by atoms with van der Waals surface area (Å²) in [6, 6.07) is 14.5. The average Bonchev–Trinajstić information content (AvgIpc) is 2.94. The molecule has 3 aliphatic heterocycles. The molecule has 2 atom stereocenters. The van der Waals surface area contributed by atoms with Gasteiger partial charge in [-0.1, -0.05) is 30.3 Å². The molecule has 2 unspecified atom stereocenters. The molecule has 2 aromatic carbocycles. The summed E-state index contributed by atoms with van der Waals surface area (Å²) in [6.07, 6.45) is 2.38. The van der Waals surface area contributed by atoms with Crippen molar-refractivity contribution < 1.29 is 14.3 Å². The van der Waals surface area contributed by atoms with E-state index in [0.717, 1.165) is 43.7 Å². The number of hydrogen-bond acceptors (Lipinski definition) is 3. The van der Waals surface area contributed by atoms with Gasteiger partial charge in [0.15, 0.2) is 0 Å². The van der Waals surface area contributed by atoms with Gasteiger partial charge in [-0.2, -0.15) is 0 Å². The number of rotatable bonds is 5. The maximum absolute atomic E-state index is 13.1. The molecule has 142 valence electrons. The molecule has 3 heterocycles. The fourth-order valence-corrected chi connectivity index (χ4v) is 4.53. The summed E-state index contributed by atoms with van der Waals surface area (Å²) in [5, 5.41) is 9.45. The standard InChI is InChI=1S/C22H25FN2O2/c23-19-8-5-16(6-9-19)11-24-12-17-7-10-20(15-24)25(13-17)14-18-3-1-2-4-21(18)22(26)27/h1-6,8-9,17,20H,7,10-15H2,(H,26,27). The predicted octanol–water partition coefficient (Wildman–Crippen LogP) is 3.62. The first-order valence-electron chi connectivity index (χ1n) is 9.60. The van der Waals surface area contributed by atoms with Gasteiger partial charge in [-0.15, -0.1) is 0 Å². The van der Waals surface area contributed by atoms with Crippen molar-refractivity contribution in [2.45, 2.75) is 32.0 Å². The number of fused-ring (bicyclic) bond motifs is 4. The Kier molecular flexibility index (Phi) is 5.23. The number of aromatic carboxylic acids is 1. The molecule has 4 nitrogen and oxygen atoms in total. The Morgan fingerprint density at radius 3 is 2.56 bits per heavy atom. The van der Waals surface area contributed by atoms with Crippen molar-refractivity contribution >= 4 is 5.97 Å². The van der Waals surface area contributed by atoms with Crippen LogP contribution in [-0.2, 0) is 13.1 Å². The van der Waals surface area contributed by atoms with Gasteiger partial charge in [-0.05, 0) is 48.1 Å². The van der Waals surface area contributed by atoms with E-state index >= 15 is 0 Å². The molecule has 2 bridgehead atoms. The summed E-state index contributed by atoms with van der Waals surface area (Å²) in [7, 11) is 0. The van der Waals surface area contributed by atoms with E-state index in [9.17, 15) is 14.3 Å². The highest BCUT2D eigenvalue weighted by Crippen LogP contribution is 2.30. The van der Waals surface area contributed by atoms with E-state index in [1.54, 1.807) is 12.1 Å². The third kappa shape index (κ3) is 4.20. The van der Waals surface area contributed by atoms with Crippen LogP contribution in [-0.4, -0.2) is 46.6 Å². The minimum atomic E-state index is -0.858. The smallest absolute Gasteiger partial charge is 0.336 e. The van der Waals surface area contributed by atoms with Gasteiger partial charge in [0.2, 0.25) is 0 Å². The SMILES string of the molecule is O=C(O)c1ccccc1CN1CC2CCC1CN(Cc1ccc(F)cc1)C2. The van der Waals surface area contributed by atoms with Crippen molar-refractivity contribution in [3.05, 3.63) is 71.0 Å². The first kappa shape index (κ1) is 18.1. The van der Waals surface area contributed by atoms with E-state index in [1.807, 2.05) is 24.3 Å². The highest BCUT2D eigenvalue weighted by molar-refractivity contribution is 5.89. The number of hydrogen-bond donors (Lipinski definition) is 1. The van der Waals surface area contributed by atoms with Gasteiger partial charge in [0.1, 0.15) is 5.82 Å². The van der Waals surface area contributed by atoms with Gasteiger partial charge in [0, 0.05) is 38.8 Å². The normalized spacial score (nSPS) is 23.3. The molecule has 0 radical (unpaired) electrons. The van der Waals surface area contributed by atoms with Crippen molar-refractivity contribution in [1.82, 2.24) is 9.80 Å². The lowest BCUT2D eigenvalue weighted by Crippen LogP contribution is -2.43. The molecular weight excluding hydrogens is 343 g/mol. The monoisotopic (exact) mass is 368 g/mol. The fraction of sp³-hybridized carbons (Fsp3) is 0.409. The summed E-state index contributed by atoms with van der Waals surface area (Å²) < 4.78 is 13.1. The quantitative estimate of drug-likeness (QED) is 0.875. The third-order valence-electron chi connectivity index (χ3n) is 5.84. The van der Waals surface area contributed by atoms with Gasteiger partial charge >= 0.3 is 5.97 Å². The Balaban J connectivity index is 1.47. The number of carboxylic acid groups (broad SMARTS) is 1. The topological polar surface area (TPSA) is 43.8 Å². The van der Waals surface area contributed by atoms with Gasteiger partial charge in [0.25, 0.3) is 0 Å². The second kappa shape index (κ2) is 7.79. The van der Waals surface area contributed by atoms with Crippen LogP contribution in [0.1, 0.15) is 34.3 Å². The minimum absolute atomic E-state index is 0.196. The Hall–Kier alpha value is -2.24. The van der Waals surface area contributed by atoms with Crippen LogP contribution < -0.4 is 0 Å². The molecule has 2 aromatic rings. The average molecular weight is 368 g/mol. The van der Waals surface area contributed by atoms with Crippen LogP contribution in [0, 0.1) is 11.7 Å². The minimum Gasteiger partial charge on any atom is -0.478 e. The number of nitrogens with zero attached hydrogens (tertiary/aromatic N) is 2. The molecule has 1 N–H and O–H groups in total. The largest absolute Gasteiger partial charge is 0.478 e. The first-order chi connectivity index (χ1) is 13.1. The van der Waals surface area contributed by atoms with Crippen LogP contribution in [0.2, 0.25) is 0 Å². The second-order valence-electron chi connectivity index (χ2n) is 7.81. The zero-order valence-corrected chi connectivity index (χ0v) is 15.4. The van der Waals surface area contributed by atoms with Gasteiger partial charge in [0.05, 0.1) is 5.56 Å². The zero-order chi connectivity index (χ0) is 18.8. The van der Waals surface area contributed by atoms with Crippen LogP contribution >= 0.6 is 0 Å². The Morgan fingerprint density at radius 2 is 1.78 bits per heavy atom. The highest BCUT2D eigenvalue weighted by atomic mass is 19.1. The molecule has 3 saturated heterocycles. The molecule has 0 amide bonds. The summed E-state index contributed by atoms with van der Waals surface area (Å²) in [5.41, 5.74) is 2.43. The molecule has 0 saturated carbocycles. The molecule has 0 aliphatic carbocycles. The molecule has 0 aromatic heterocycles. The first-order valence-corrected chi connectivity index (χ1v) is 9.60. The zero-order valence-electron chi connectivity index (χ0n) is 15.4. The van der Waals surface area contributed by atoms with E-state index in [4.69, 9.17) is 0 Å². The molecule has 5 rings (SSSR count). The van der Waals surface area contributed by atoms with Crippen molar-refractivity contribution in [3.8, 4) is 0 Å². The third-order valence-corrected chi connectivity index (χ3v) is 5.84. The molecular formula is C22H25FN2O2. The van der Waals surface area contributed by atoms with Gasteiger partial charge in [-0.25, -0.2) is 9.18 Å². The van der Waals surface area contributed by atoms with E-state index in [2.05, 4.69) is 9.80 Å². The van der Waals surface area contributed by atoms with Gasteiger partial charge < -0.3 is 5.11 Å². The number of carboxylic acids is 1. The molecule has 0 spiro atoms. The number of piperidine rings is 1. The lowest BCUT2D eigenvalue weighted by atomic mass is 9.94. The van der Waals surface area contributed by atoms with E-state index < -0.39 is 5.97 Å². The fourth-order valence-electron chi connectivity index (χ4n) is 4.53.